The average molecular weight is 195 g/mol. The summed E-state index contributed by atoms with van der Waals surface area (Å²) in [5, 5.41) is 0.687. The minimum atomic E-state index is -0.0882. The van der Waals surface area contributed by atoms with Gasteiger partial charge in [-0.25, -0.2) is 0 Å². The van der Waals surface area contributed by atoms with E-state index < -0.39 is 0 Å². The largest absolute Gasteiger partial charge is 0.303 e. The molecule has 13 heavy (non-hydrogen) atoms. The third-order valence-corrected chi connectivity index (χ3v) is 2.14. The Kier molecular flexibility index (Phi) is 3.71. The van der Waals surface area contributed by atoms with Crippen molar-refractivity contribution >= 4 is 17.9 Å². The van der Waals surface area contributed by atoms with Crippen molar-refractivity contribution in [1.29, 1.82) is 0 Å². The molecule has 68 valence electrons. The molecule has 0 N–H and O–H groups in total. The fourth-order valence-corrected chi connectivity index (χ4v) is 1.29. The van der Waals surface area contributed by atoms with E-state index >= 15 is 0 Å². The normalized spacial score (nSPS) is 12.1. The first-order valence-corrected chi connectivity index (χ1v) is 4.47. The molecule has 0 aliphatic rings. The van der Waals surface area contributed by atoms with Crippen LogP contribution in [0.1, 0.15) is 17.9 Å². The zero-order chi connectivity index (χ0) is 9.68. The molecule has 0 aliphatic heterocycles. The smallest absolute Gasteiger partial charge is 0.127 e. The van der Waals surface area contributed by atoms with E-state index in [1.807, 2.05) is 12.1 Å². The van der Waals surface area contributed by atoms with Crippen molar-refractivity contribution in [2.24, 2.45) is 0 Å². The van der Waals surface area contributed by atoms with Crippen molar-refractivity contribution in [3.8, 4) is 0 Å². The number of rotatable bonds is 4. The van der Waals surface area contributed by atoms with Gasteiger partial charge in [-0.2, -0.15) is 0 Å². The summed E-state index contributed by atoms with van der Waals surface area (Å²) in [6.45, 7) is 3.61. The number of halogens is 1. The molecule has 0 spiro atoms. The van der Waals surface area contributed by atoms with Crippen LogP contribution >= 0.6 is 11.6 Å². The lowest BCUT2D eigenvalue weighted by atomic mass is 9.97. The van der Waals surface area contributed by atoms with Gasteiger partial charge in [-0.05, 0) is 24.1 Å². The summed E-state index contributed by atoms with van der Waals surface area (Å²) in [5.41, 5.74) is 0.985. The lowest BCUT2D eigenvalue weighted by Crippen LogP contribution is -1.97. The molecule has 0 fully saturated rings. The highest BCUT2D eigenvalue weighted by molar-refractivity contribution is 6.30. The molecule has 1 rings (SSSR count). The predicted molar refractivity (Wildman–Crippen MR) is 55.1 cm³/mol. The zero-order valence-electron chi connectivity index (χ0n) is 7.24. The van der Waals surface area contributed by atoms with E-state index in [1.54, 1.807) is 18.2 Å². The molecule has 1 nitrogen and oxygen atoms in total. The summed E-state index contributed by atoms with van der Waals surface area (Å²) < 4.78 is 0. The van der Waals surface area contributed by atoms with Crippen LogP contribution in [0.2, 0.25) is 5.02 Å². The van der Waals surface area contributed by atoms with Crippen LogP contribution in [0.25, 0.3) is 0 Å². The van der Waals surface area contributed by atoms with Crippen LogP contribution in [0.15, 0.2) is 36.9 Å². The van der Waals surface area contributed by atoms with Gasteiger partial charge in [-0.15, -0.1) is 6.58 Å². The second kappa shape index (κ2) is 4.83. The number of aldehydes is 1. The number of hydrogen-bond acceptors (Lipinski definition) is 1. The van der Waals surface area contributed by atoms with Crippen LogP contribution < -0.4 is 0 Å². The molecule has 0 radical (unpaired) electrons. The first-order valence-electron chi connectivity index (χ1n) is 4.09. The first kappa shape index (κ1) is 10.0. The topological polar surface area (TPSA) is 17.1 Å². The predicted octanol–water partition coefficient (Wildman–Crippen LogP) is 3.20. The van der Waals surface area contributed by atoms with E-state index in [9.17, 15) is 4.79 Å². The van der Waals surface area contributed by atoms with E-state index in [2.05, 4.69) is 6.58 Å². The Morgan fingerprint density at radius 1 is 1.38 bits per heavy atom. The van der Waals surface area contributed by atoms with Gasteiger partial charge < -0.3 is 4.79 Å². The van der Waals surface area contributed by atoms with Crippen molar-refractivity contribution in [2.45, 2.75) is 12.3 Å². The average Bonchev–Trinajstić information content (AvgIpc) is 2.16. The van der Waals surface area contributed by atoms with Gasteiger partial charge in [0.05, 0.1) is 0 Å². The van der Waals surface area contributed by atoms with Gasteiger partial charge >= 0.3 is 0 Å². The molecule has 1 unspecified atom stereocenters. The first-order chi connectivity index (χ1) is 6.27. The molecule has 0 aliphatic carbocycles. The Hall–Kier alpha value is -1.08. The molecule has 1 aromatic rings. The molecule has 0 aromatic heterocycles. The maximum atomic E-state index is 10.7. The second-order valence-electron chi connectivity index (χ2n) is 2.82. The molecule has 0 saturated heterocycles. The van der Waals surface area contributed by atoms with Crippen LogP contribution in [0.4, 0.5) is 0 Å². The Morgan fingerprint density at radius 3 is 2.46 bits per heavy atom. The number of carbonyl (C=O) groups is 1. The zero-order valence-corrected chi connectivity index (χ0v) is 8.00. The van der Waals surface area contributed by atoms with Gasteiger partial charge in [0.15, 0.2) is 0 Å². The Balaban J connectivity index is 2.84. The molecule has 2 heteroatoms. The fraction of sp³-hybridized carbons (Fsp3) is 0.182. The highest BCUT2D eigenvalue weighted by atomic mass is 35.5. The maximum Gasteiger partial charge on any atom is 0.127 e. The van der Waals surface area contributed by atoms with Crippen molar-refractivity contribution < 1.29 is 4.79 Å². The lowest BCUT2D eigenvalue weighted by Gasteiger charge is -2.06. The number of hydrogen-bond donors (Lipinski definition) is 0. The Morgan fingerprint density at radius 2 is 2.00 bits per heavy atom. The summed E-state index contributed by atoms with van der Waals surface area (Å²) in [5.74, 6) is -0.0882. The van der Waals surface area contributed by atoms with E-state index in [1.165, 1.54) is 0 Å². The fourth-order valence-electron chi connectivity index (χ4n) is 1.16. The number of benzene rings is 1. The monoisotopic (exact) mass is 194 g/mol. The van der Waals surface area contributed by atoms with Crippen LogP contribution in [0.5, 0.6) is 0 Å². The quantitative estimate of drug-likeness (QED) is 0.532. The molecular formula is C11H11ClO. The summed E-state index contributed by atoms with van der Waals surface area (Å²) in [7, 11) is 0. The third-order valence-electron chi connectivity index (χ3n) is 1.88. The van der Waals surface area contributed by atoms with Gasteiger partial charge in [-0.3, -0.25) is 0 Å². The molecular weight excluding hydrogens is 184 g/mol. The van der Waals surface area contributed by atoms with Gasteiger partial charge in [0.2, 0.25) is 0 Å². The Labute approximate surface area is 83.0 Å². The van der Waals surface area contributed by atoms with Gasteiger partial charge in [-0.1, -0.05) is 29.8 Å². The van der Waals surface area contributed by atoms with Gasteiger partial charge in [0.25, 0.3) is 0 Å². The molecule has 0 bridgehead atoms. The minimum Gasteiger partial charge on any atom is -0.303 e. The molecule has 0 saturated carbocycles. The van der Waals surface area contributed by atoms with Crippen LogP contribution in [0, 0.1) is 0 Å². The highest BCUT2D eigenvalue weighted by Gasteiger charge is 2.07. The summed E-state index contributed by atoms with van der Waals surface area (Å²) in [4.78, 5) is 10.7. The summed E-state index contributed by atoms with van der Waals surface area (Å²) in [6.07, 6.45) is 3.35. The number of allylic oxidation sites excluding steroid dienone is 1. The molecule has 0 heterocycles. The molecule has 1 aromatic carbocycles. The van der Waals surface area contributed by atoms with Crippen LogP contribution in [0.3, 0.4) is 0 Å². The van der Waals surface area contributed by atoms with E-state index in [4.69, 9.17) is 11.6 Å². The highest BCUT2D eigenvalue weighted by Crippen LogP contribution is 2.19. The summed E-state index contributed by atoms with van der Waals surface area (Å²) >= 11 is 5.73. The van der Waals surface area contributed by atoms with Crippen LogP contribution in [-0.4, -0.2) is 6.29 Å². The third kappa shape index (κ3) is 2.71. The van der Waals surface area contributed by atoms with Crippen molar-refractivity contribution in [2.75, 3.05) is 0 Å². The van der Waals surface area contributed by atoms with Crippen molar-refractivity contribution in [1.82, 2.24) is 0 Å². The van der Waals surface area contributed by atoms with Crippen molar-refractivity contribution in [3.05, 3.63) is 47.5 Å². The molecule has 1 atom stereocenters. The maximum absolute atomic E-state index is 10.7. The SMILES string of the molecule is C=CCC(C=O)c1ccc(Cl)cc1. The standard InChI is InChI=1S/C11H11ClO/c1-2-3-10(8-13)9-4-6-11(12)7-5-9/h2,4-8,10H,1,3H2. The van der Waals surface area contributed by atoms with E-state index in [0.29, 0.717) is 11.4 Å². The van der Waals surface area contributed by atoms with Gasteiger partial charge in [0, 0.05) is 10.9 Å². The van der Waals surface area contributed by atoms with E-state index in [0.717, 1.165) is 11.8 Å². The second-order valence-corrected chi connectivity index (χ2v) is 3.25. The summed E-state index contributed by atoms with van der Waals surface area (Å²) in [6, 6.07) is 7.31. The van der Waals surface area contributed by atoms with E-state index in [-0.39, 0.29) is 5.92 Å². The van der Waals surface area contributed by atoms with Crippen molar-refractivity contribution in [3.63, 3.8) is 0 Å². The van der Waals surface area contributed by atoms with Gasteiger partial charge in [0.1, 0.15) is 6.29 Å². The lowest BCUT2D eigenvalue weighted by molar-refractivity contribution is -0.109. The van der Waals surface area contributed by atoms with Crippen LogP contribution in [-0.2, 0) is 4.79 Å². The minimum absolute atomic E-state index is 0.0882. The number of carbonyl (C=O) groups excluding carboxylic acids is 1. The Bertz CT molecular complexity index is 289. The molecule has 0 amide bonds.